The van der Waals surface area contributed by atoms with Crippen molar-refractivity contribution in [2.75, 3.05) is 25.0 Å². The molecule has 2 aromatic rings. The molecule has 0 spiro atoms. The number of carbonyl (C=O) groups is 2. The number of aliphatic hydroxyl groups is 2. The van der Waals surface area contributed by atoms with Gasteiger partial charge in [-0.3, -0.25) is 9.59 Å². The van der Waals surface area contributed by atoms with E-state index in [0.717, 1.165) is 17.7 Å². The molecule has 4 atom stereocenters. The summed E-state index contributed by atoms with van der Waals surface area (Å²) in [6, 6.07) is 10.5. The molecule has 1 fully saturated rings. The van der Waals surface area contributed by atoms with E-state index in [0.29, 0.717) is 48.5 Å². The molecule has 5 N–H and O–H groups in total. The summed E-state index contributed by atoms with van der Waals surface area (Å²) < 4.78 is 14.0. The third-order valence-electron chi connectivity index (χ3n) is 5.42. The number of halogens is 3. The summed E-state index contributed by atoms with van der Waals surface area (Å²) in [7, 11) is 0. The molecule has 2 aromatic carbocycles. The summed E-state index contributed by atoms with van der Waals surface area (Å²) in [5.74, 6) is -0.334. The van der Waals surface area contributed by atoms with Crippen LogP contribution in [0.4, 0.5) is 10.1 Å². The molecule has 1 heterocycles. The summed E-state index contributed by atoms with van der Waals surface area (Å²) >= 11 is 11.9. The molecule has 0 bridgehead atoms. The van der Waals surface area contributed by atoms with E-state index >= 15 is 0 Å². The van der Waals surface area contributed by atoms with Crippen LogP contribution >= 0.6 is 23.2 Å². The smallest absolute Gasteiger partial charge is 0.211 e. The standard InChI is InChI=1S/C17H15Cl2FN2O.C6H13NO3.C5H12/c18-11-3-1-2-10(4-11)13-7-21-8-14(13)12-5-16(20)15(19)6-17(12)22-9-23;1-5(9)6(10)2-3-7-4-8;1-5(2,3)4/h1-6,9,13-14,21H,7-8H2,(H,22,23);4-6,9-10H,2-3H2,1H3,(H,7,8);1-4H3. The van der Waals surface area contributed by atoms with E-state index in [-0.39, 0.29) is 16.9 Å². The molecule has 1 aliphatic heterocycles. The number of hydrogen-bond donors (Lipinski definition) is 5. The first-order chi connectivity index (χ1) is 17.8. The highest BCUT2D eigenvalue weighted by atomic mass is 35.5. The average molecular weight is 573 g/mol. The van der Waals surface area contributed by atoms with Gasteiger partial charge in [-0.15, -0.1) is 0 Å². The van der Waals surface area contributed by atoms with Crippen molar-refractivity contribution in [3.05, 3.63) is 63.4 Å². The van der Waals surface area contributed by atoms with Gasteiger partial charge in [0.1, 0.15) is 5.82 Å². The van der Waals surface area contributed by atoms with Gasteiger partial charge in [-0.2, -0.15) is 0 Å². The zero-order valence-corrected chi connectivity index (χ0v) is 24.1. The van der Waals surface area contributed by atoms with Crippen molar-refractivity contribution in [2.45, 2.75) is 65.1 Å². The van der Waals surface area contributed by atoms with E-state index in [1.807, 2.05) is 24.3 Å². The summed E-state index contributed by atoms with van der Waals surface area (Å²) in [6.45, 7) is 12.1. The number of nitrogens with one attached hydrogen (secondary N) is 3. The van der Waals surface area contributed by atoms with Gasteiger partial charge in [0.2, 0.25) is 12.8 Å². The van der Waals surface area contributed by atoms with E-state index in [2.05, 4.69) is 43.6 Å². The molecule has 2 amide bonds. The Labute approximate surface area is 235 Å². The van der Waals surface area contributed by atoms with E-state index in [9.17, 15) is 14.0 Å². The van der Waals surface area contributed by atoms with Gasteiger partial charge >= 0.3 is 0 Å². The number of carbonyl (C=O) groups excluding carboxylic acids is 2. The number of aliphatic hydroxyl groups excluding tert-OH is 2. The summed E-state index contributed by atoms with van der Waals surface area (Å²) in [6.07, 6.45) is 0.0514. The second-order valence-electron chi connectivity index (χ2n) is 10.7. The zero-order chi connectivity index (χ0) is 28.9. The van der Waals surface area contributed by atoms with Crippen molar-refractivity contribution < 1.29 is 24.2 Å². The highest BCUT2D eigenvalue weighted by molar-refractivity contribution is 6.31. The molecule has 0 radical (unpaired) electrons. The Kier molecular flexibility index (Phi) is 14.8. The van der Waals surface area contributed by atoms with Gasteiger partial charge in [0, 0.05) is 42.2 Å². The molecule has 1 saturated heterocycles. The first-order valence-corrected chi connectivity index (χ1v) is 13.2. The molecule has 10 heteroatoms. The highest BCUT2D eigenvalue weighted by Gasteiger charge is 2.32. The number of anilines is 1. The van der Waals surface area contributed by atoms with Crippen molar-refractivity contribution >= 4 is 41.7 Å². The largest absolute Gasteiger partial charge is 0.391 e. The molecule has 0 aromatic heterocycles. The van der Waals surface area contributed by atoms with Crippen LogP contribution in [0.2, 0.25) is 10.0 Å². The third-order valence-corrected chi connectivity index (χ3v) is 5.95. The molecule has 7 nitrogen and oxygen atoms in total. The Morgan fingerprint density at radius 3 is 2.26 bits per heavy atom. The fourth-order valence-corrected chi connectivity index (χ4v) is 4.04. The first kappa shape index (κ1) is 33.8. The minimum absolute atomic E-state index is 0.0108. The van der Waals surface area contributed by atoms with Crippen LogP contribution in [0.5, 0.6) is 0 Å². The number of benzene rings is 2. The number of rotatable bonds is 9. The molecular weight excluding hydrogens is 532 g/mol. The van der Waals surface area contributed by atoms with Gasteiger partial charge in [0.05, 0.1) is 17.2 Å². The molecule has 4 unspecified atom stereocenters. The van der Waals surface area contributed by atoms with Crippen molar-refractivity contribution in [3.63, 3.8) is 0 Å². The van der Waals surface area contributed by atoms with Crippen molar-refractivity contribution in [3.8, 4) is 0 Å². The van der Waals surface area contributed by atoms with Crippen LogP contribution in [0.15, 0.2) is 36.4 Å². The molecule has 212 valence electrons. The van der Waals surface area contributed by atoms with Crippen molar-refractivity contribution in [2.24, 2.45) is 5.41 Å². The van der Waals surface area contributed by atoms with Gasteiger partial charge in [-0.1, -0.05) is 63.0 Å². The molecule has 0 saturated carbocycles. The second kappa shape index (κ2) is 16.7. The lowest BCUT2D eigenvalue weighted by atomic mass is 9.83. The maximum absolute atomic E-state index is 14.0. The van der Waals surface area contributed by atoms with Crippen LogP contribution in [-0.2, 0) is 9.59 Å². The van der Waals surface area contributed by atoms with Crippen LogP contribution in [-0.4, -0.2) is 54.9 Å². The lowest BCUT2D eigenvalue weighted by molar-refractivity contribution is -0.109. The molecule has 3 rings (SSSR count). The van der Waals surface area contributed by atoms with Crippen LogP contribution in [0, 0.1) is 11.2 Å². The molecule has 38 heavy (non-hydrogen) atoms. The van der Waals surface area contributed by atoms with Crippen LogP contribution < -0.4 is 16.0 Å². The Morgan fingerprint density at radius 1 is 1.08 bits per heavy atom. The monoisotopic (exact) mass is 571 g/mol. The first-order valence-electron chi connectivity index (χ1n) is 12.5. The van der Waals surface area contributed by atoms with Gasteiger partial charge < -0.3 is 26.2 Å². The van der Waals surface area contributed by atoms with E-state index in [4.69, 9.17) is 33.4 Å². The molecular formula is C28H40Cl2FN3O4. The maximum Gasteiger partial charge on any atom is 0.211 e. The summed E-state index contributed by atoms with van der Waals surface area (Å²) in [5, 5.41) is 26.7. The van der Waals surface area contributed by atoms with Gasteiger partial charge in [-0.25, -0.2) is 4.39 Å². The number of amides is 2. The Bertz CT molecular complexity index is 1010. The Hall–Kier alpha value is -2.23. The van der Waals surface area contributed by atoms with Gasteiger partial charge in [0.25, 0.3) is 0 Å². The minimum Gasteiger partial charge on any atom is -0.391 e. The van der Waals surface area contributed by atoms with Gasteiger partial charge in [0.15, 0.2) is 0 Å². The lowest BCUT2D eigenvalue weighted by Crippen LogP contribution is -2.27. The zero-order valence-electron chi connectivity index (χ0n) is 22.6. The van der Waals surface area contributed by atoms with Crippen LogP contribution in [0.3, 0.4) is 0 Å². The van der Waals surface area contributed by atoms with Crippen LogP contribution in [0.25, 0.3) is 0 Å². The lowest BCUT2D eigenvalue weighted by Gasteiger charge is -2.22. The predicted molar refractivity (Wildman–Crippen MR) is 152 cm³/mol. The predicted octanol–water partition coefficient (Wildman–Crippen LogP) is 5.09. The topological polar surface area (TPSA) is 111 Å². The number of hydrogen-bond acceptors (Lipinski definition) is 5. The quantitative estimate of drug-likeness (QED) is 0.213. The van der Waals surface area contributed by atoms with E-state index < -0.39 is 18.0 Å². The fraction of sp³-hybridized carbons (Fsp3) is 0.500. The normalized spacial score (nSPS) is 18.2. The van der Waals surface area contributed by atoms with E-state index in [1.165, 1.54) is 19.1 Å². The third kappa shape index (κ3) is 12.5. The second-order valence-corrected chi connectivity index (χ2v) is 11.6. The minimum atomic E-state index is -0.743. The Morgan fingerprint density at radius 2 is 1.71 bits per heavy atom. The van der Waals surface area contributed by atoms with Crippen LogP contribution in [0.1, 0.15) is 64.0 Å². The summed E-state index contributed by atoms with van der Waals surface area (Å²) in [4.78, 5) is 20.6. The van der Waals surface area contributed by atoms with Crippen molar-refractivity contribution in [1.29, 1.82) is 0 Å². The maximum atomic E-state index is 14.0. The average Bonchev–Trinajstić information content (AvgIpc) is 3.31. The van der Waals surface area contributed by atoms with Gasteiger partial charge in [-0.05, 0) is 54.2 Å². The molecule has 1 aliphatic rings. The Balaban J connectivity index is 0.000000401. The van der Waals surface area contributed by atoms with Crippen molar-refractivity contribution in [1.82, 2.24) is 10.6 Å². The summed E-state index contributed by atoms with van der Waals surface area (Å²) in [5.41, 5.74) is 2.85. The molecule has 0 aliphatic carbocycles. The SMILES string of the molecule is CC(C)(C)C.CC(O)C(O)CCNC=O.O=CNc1cc(Cl)c(F)cc1C1CNCC1c1cccc(Cl)c1. The highest BCUT2D eigenvalue weighted by Crippen LogP contribution is 2.41. The van der Waals surface area contributed by atoms with E-state index in [1.54, 1.807) is 0 Å². The fourth-order valence-electron chi connectivity index (χ4n) is 3.68.